The highest BCUT2D eigenvalue weighted by Crippen LogP contribution is 2.23. The first-order valence-electron chi connectivity index (χ1n) is 6.37. The summed E-state index contributed by atoms with van der Waals surface area (Å²) < 4.78 is 0. The van der Waals surface area contributed by atoms with Gasteiger partial charge in [0, 0.05) is 29.9 Å². The largest absolute Gasteiger partial charge is 0.382 e. The van der Waals surface area contributed by atoms with Crippen molar-refractivity contribution in [2.75, 3.05) is 12.4 Å². The molecule has 0 spiro atoms. The molecule has 0 heterocycles. The summed E-state index contributed by atoms with van der Waals surface area (Å²) in [6, 6.07) is 7.77. The van der Waals surface area contributed by atoms with Crippen LogP contribution in [0, 0.1) is 10.1 Å². The zero-order valence-electron chi connectivity index (χ0n) is 10.6. The van der Waals surface area contributed by atoms with E-state index in [-0.39, 0.29) is 10.6 Å². The summed E-state index contributed by atoms with van der Waals surface area (Å²) in [4.78, 5) is 10.2. The van der Waals surface area contributed by atoms with E-state index in [1.165, 1.54) is 12.8 Å². The monoisotopic (exact) mass is 249 g/mol. The van der Waals surface area contributed by atoms with Crippen LogP contribution in [0.5, 0.6) is 0 Å². The average Bonchev–Trinajstić information content (AvgIpc) is 2.40. The second-order valence-electron chi connectivity index (χ2n) is 4.79. The predicted molar refractivity (Wildman–Crippen MR) is 71.8 cm³/mol. The minimum absolute atomic E-state index is 0.138. The summed E-state index contributed by atoms with van der Waals surface area (Å²) >= 11 is 0. The number of nitro benzene ring substituents is 1. The molecule has 2 N–H and O–H groups in total. The molecule has 0 aliphatic heterocycles. The Morgan fingerprint density at radius 3 is 2.17 bits per heavy atom. The summed E-state index contributed by atoms with van der Waals surface area (Å²) in [5.74, 6) is 0. The maximum Gasteiger partial charge on any atom is 0.269 e. The van der Waals surface area contributed by atoms with Gasteiger partial charge in [0.2, 0.25) is 0 Å². The topological polar surface area (TPSA) is 67.2 Å². The summed E-state index contributed by atoms with van der Waals surface area (Å²) in [7, 11) is 2.01. The van der Waals surface area contributed by atoms with E-state index in [1.807, 2.05) is 7.05 Å². The van der Waals surface area contributed by atoms with Gasteiger partial charge in [0.1, 0.15) is 0 Å². The van der Waals surface area contributed by atoms with Crippen molar-refractivity contribution in [2.24, 2.45) is 0 Å². The van der Waals surface area contributed by atoms with Gasteiger partial charge in [-0.05, 0) is 44.9 Å². The van der Waals surface area contributed by atoms with Gasteiger partial charge < -0.3 is 10.6 Å². The fourth-order valence-electron chi connectivity index (χ4n) is 2.44. The molecule has 1 aromatic rings. The number of nitrogens with one attached hydrogen (secondary N) is 2. The van der Waals surface area contributed by atoms with Crippen molar-refractivity contribution in [3.63, 3.8) is 0 Å². The molecule has 1 aromatic carbocycles. The molecule has 0 bridgehead atoms. The lowest BCUT2D eigenvalue weighted by atomic mass is 9.91. The molecule has 0 amide bonds. The molecule has 0 unspecified atom stereocenters. The Labute approximate surface area is 107 Å². The number of nitrogens with zero attached hydrogens (tertiary/aromatic N) is 1. The highest BCUT2D eigenvalue weighted by molar-refractivity contribution is 5.49. The van der Waals surface area contributed by atoms with Crippen LogP contribution in [0.2, 0.25) is 0 Å². The van der Waals surface area contributed by atoms with E-state index in [0.29, 0.717) is 12.1 Å². The van der Waals surface area contributed by atoms with Gasteiger partial charge in [0.15, 0.2) is 0 Å². The van der Waals surface area contributed by atoms with Crippen molar-refractivity contribution in [3.8, 4) is 0 Å². The molecule has 5 nitrogen and oxygen atoms in total. The van der Waals surface area contributed by atoms with Crippen LogP contribution in [0.4, 0.5) is 11.4 Å². The third-order valence-corrected chi connectivity index (χ3v) is 3.58. The van der Waals surface area contributed by atoms with Crippen LogP contribution in [0.25, 0.3) is 0 Å². The van der Waals surface area contributed by atoms with Gasteiger partial charge in [0.25, 0.3) is 5.69 Å². The molecule has 5 heteroatoms. The molecule has 0 aromatic heterocycles. The number of non-ortho nitro benzene ring substituents is 1. The smallest absolute Gasteiger partial charge is 0.269 e. The molecule has 18 heavy (non-hydrogen) atoms. The Kier molecular flexibility index (Phi) is 4.15. The van der Waals surface area contributed by atoms with Crippen molar-refractivity contribution < 1.29 is 4.92 Å². The van der Waals surface area contributed by atoms with Crippen LogP contribution in [-0.4, -0.2) is 24.1 Å². The van der Waals surface area contributed by atoms with E-state index >= 15 is 0 Å². The third kappa shape index (κ3) is 3.20. The molecule has 1 fully saturated rings. The third-order valence-electron chi connectivity index (χ3n) is 3.58. The van der Waals surface area contributed by atoms with E-state index < -0.39 is 0 Å². The van der Waals surface area contributed by atoms with Crippen LogP contribution in [0.1, 0.15) is 25.7 Å². The Hall–Kier alpha value is -1.62. The first kappa shape index (κ1) is 12.8. The van der Waals surface area contributed by atoms with Gasteiger partial charge in [-0.3, -0.25) is 10.1 Å². The quantitative estimate of drug-likeness (QED) is 0.635. The number of nitro groups is 1. The van der Waals surface area contributed by atoms with Gasteiger partial charge in [-0.1, -0.05) is 0 Å². The standard InChI is InChI=1S/C13H19N3O2/c1-14-10-2-4-11(5-3-10)15-12-6-8-13(9-7-12)16(17)18/h6-11,14-15H,2-5H2,1H3. The zero-order chi connectivity index (χ0) is 13.0. The van der Waals surface area contributed by atoms with E-state index in [9.17, 15) is 10.1 Å². The maximum absolute atomic E-state index is 10.5. The minimum Gasteiger partial charge on any atom is -0.382 e. The van der Waals surface area contributed by atoms with Crippen LogP contribution < -0.4 is 10.6 Å². The highest BCUT2D eigenvalue weighted by atomic mass is 16.6. The normalized spacial score (nSPS) is 23.6. The molecule has 1 aliphatic rings. The second-order valence-corrected chi connectivity index (χ2v) is 4.79. The zero-order valence-corrected chi connectivity index (χ0v) is 10.6. The number of hydrogen-bond donors (Lipinski definition) is 2. The van der Waals surface area contributed by atoms with Crippen LogP contribution in [0.15, 0.2) is 24.3 Å². The summed E-state index contributed by atoms with van der Waals surface area (Å²) in [6.45, 7) is 0. The van der Waals surface area contributed by atoms with Crippen molar-refractivity contribution in [2.45, 2.75) is 37.8 Å². The highest BCUT2D eigenvalue weighted by Gasteiger charge is 2.19. The van der Waals surface area contributed by atoms with Gasteiger partial charge in [-0.2, -0.15) is 0 Å². The second kappa shape index (κ2) is 5.82. The lowest BCUT2D eigenvalue weighted by molar-refractivity contribution is -0.384. The van der Waals surface area contributed by atoms with Crippen LogP contribution in [-0.2, 0) is 0 Å². The Morgan fingerprint density at radius 1 is 1.11 bits per heavy atom. The first-order valence-corrected chi connectivity index (χ1v) is 6.37. The summed E-state index contributed by atoms with van der Waals surface area (Å²) in [5.41, 5.74) is 1.10. The molecule has 98 valence electrons. The van der Waals surface area contributed by atoms with E-state index in [4.69, 9.17) is 0 Å². The Balaban J connectivity index is 1.88. The van der Waals surface area contributed by atoms with Gasteiger partial charge >= 0.3 is 0 Å². The van der Waals surface area contributed by atoms with Crippen molar-refractivity contribution >= 4 is 11.4 Å². The SMILES string of the molecule is CNC1CCC(Nc2ccc([N+](=O)[O-])cc2)CC1. The Morgan fingerprint density at radius 2 is 1.67 bits per heavy atom. The van der Waals surface area contributed by atoms with Gasteiger partial charge in [0.05, 0.1) is 4.92 Å². The molecule has 1 saturated carbocycles. The fraction of sp³-hybridized carbons (Fsp3) is 0.538. The number of rotatable bonds is 4. The molecule has 2 rings (SSSR count). The van der Waals surface area contributed by atoms with Gasteiger partial charge in [-0.25, -0.2) is 0 Å². The summed E-state index contributed by atoms with van der Waals surface area (Å²) in [5, 5.41) is 17.3. The molecule has 0 atom stereocenters. The van der Waals surface area contributed by atoms with E-state index in [0.717, 1.165) is 18.5 Å². The van der Waals surface area contributed by atoms with E-state index in [1.54, 1.807) is 24.3 Å². The van der Waals surface area contributed by atoms with Crippen molar-refractivity contribution in [3.05, 3.63) is 34.4 Å². The molecule has 0 saturated heterocycles. The van der Waals surface area contributed by atoms with Crippen LogP contribution >= 0.6 is 0 Å². The number of benzene rings is 1. The summed E-state index contributed by atoms with van der Waals surface area (Å²) in [6.07, 6.45) is 4.65. The number of hydrogen-bond acceptors (Lipinski definition) is 4. The Bertz CT molecular complexity index is 397. The van der Waals surface area contributed by atoms with Crippen molar-refractivity contribution in [1.82, 2.24) is 5.32 Å². The number of anilines is 1. The van der Waals surface area contributed by atoms with E-state index in [2.05, 4.69) is 10.6 Å². The fourth-order valence-corrected chi connectivity index (χ4v) is 2.44. The average molecular weight is 249 g/mol. The predicted octanol–water partition coefficient (Wildman–Crippen LogP) is 2.54. The maximum atomic E-state index is 10.5. The molecular formula is C13H19N3O2. The van der Waals surface area contributed by atoms with Gasteiger partial charge in [-0.15, -0.1) is 0 Å². The lowest BCUT2D eigenvalue weighted by Gasteiger charge is -2.29. The molecule has 0 radical (unpaired) electrons. The minimum atomic E-state index is -0.373. The molecular weight excluding hydrogens is 230 g/mol. The first-order chi connectivity index (χ1) is 8.69. The van der Waals surface area contributed by atoms with Crippen LogP contribution in [0.3, 0.4) is 0 Å². The van der Waals surface area contributed by atoms with Crippen molar-refractivity contribution in [1.29, 1.82) is 0 Å². The molecule has 1 aliphatic carbocycles. The lowest BCUT2D eigenvalue weighted by Crippen LogP contribution is -2.34.